The van der Waals surface area contributed by atoms with Gasteiger partial charge in [0.2, 0.25) is 0 Å². The zero-order valence-corrected chi connectivity index (χ0v) is 15.4. The van der Waals surface area contributed by atoms with Crippen molar-refractivity contribution in [1.29, 1.82) is 0 Å². The van der Waals surface area contributed by atoms with Crippen LogP contribution in [0.1, 0.15) is 11.1 Å². The van der Waals surface area contributed by atoms with Gasteiger partial charge in [-0.3, -0.25) is 9.98 Å². The van der Waals surface area contributed by atoms with Gasteiger partial charge >= 0.3 is 0 Å². The summed E-state index contributed by atoms with van der Waals surface area (Å²) in [5.41, 5.74) is 1.38. The molecule has 2 radical (unpaired) electrons. The quantitative estimate of drug-likeness (QED) is 0.494. The maximum atomic E-state index is 9.54. The summed E-state index contributed by atoms with van der Waals surface area (Å²) in [4.78, 5) is 8.39. The van der Waals surface area contributed by atoms with E-state index in [9.17, 15) is 10.2 Å². The van der Waals surface area contributed by atoms with E-state index >= 15 is 0 Å². The van der Waals surface area contributed by atoms with Crippen LogP contribution in [-0.4, -0.2) is 65.3 Å². The normalized spacial score (nSPS) is 10.4. The van der Waals surface area contributed by atoms with Crippen LogP contribution in [0.5, 0.6) is 11.5 Å². The van der Waals surface area contributed by atoms with Crippen molar-refractivity contribution in [3.8, 4) is 11.5 Å². The Bertz CT molecular complexity index is 578. The van der Waals surface area contributed by atoms with Gasteiger partial charge in [-0.1, -0.05) is 24.3 Å². The first-order chi connectivity index (χ1) is 9.77. The molecule has 22 heavy (non-hydrogen) atoms. The molecule has 0 atom stereocenters. The van der Waals surface area contributed by atoms with E-state index in [1.165, 1.54) is 0 Å². The number of hydrogen-bond donors (Lipinski definition) is 2. The van der Waals surface area contributed by atoms with Gasteiger partial charge in [0, 0.05) is 69.9 Å². The van der Waals surface area contributed by atoms with Crippen molar-refractivity contribution < 1.29 is 27.0 Å². The number of hydrogen-bond acceptors (Lipinski definition) is 4. The van der Waals surface area contributed by atoms with Crippen molar-refractivity contribution in [2.75, 3.05) is 13.1 Å². The van der Waals surface area contributed by atoms with E-state index in [-0.39, 0.29) is 57.8 Å². The predicted octanol–water partition coefficient (Wildman–Crippen LogP) is 2.25. The first-order valence-electron chi connectivity index (χ1n) is 6.33. The van der Waals surface area contributed by atoms with Gasteiger partial charge in [-0.25, -0.2) is 0 Å². The number of benzene rings is 2. The number of aromatic hydroxyl groups is 2. The Hall–Kier alpha value is -1.11. The van der Waals surface area contributed by atoms with E-state index in [0.29, 0.717) is 24.2 Å². The summed E-state index contributed by atoms with van der Waals surface area (Å²) < 4.78 is 0. The first kappa shape index (κ1) is 20.9. The fraction of sp³-hybridized carbons (Fsp3) is 0.125. The molecule has 0 aliphatic heterocycles. The van der Waals surface area contributed by atoms with E-state index in [0.717, 1.165) is 0 Å². The van der Waals surface area contributed by atoms with Crippen LogP contribution in [0.4, 0.5) is 0 Å². The van der Waals surface area contributed by atoms with Gasteiger partial charge in [0.25, 0.3) is 0 Å². The second-order valence-corrected chi connectivity index (χ2v) is 4.19. The second kappa shape index (κ2) is 11.5. The van der Waals surface area contributed by atoms with Crippen LogP contribution in [0.2, 0.25) is 0 Å². The first-order valence-corrected chi connectivity index (χ1v) is 6.33. The van der Waals surface area contributed by atoms with Crippen LogP contribution in [0.25, 0.3) is 0 Å². The monoisotopic (exact) mass is 350 g/mol. The molecule has 112 valence electrons. The average Bonchev–Trinajstić information content (AvgIpc) is 2.46. The topological polar surface area (TPSA) is 65.2 Å². The third-order valence-electron chi connectivity index (χ3n) is 2.69. The number of para-hydroxylation sites is 2. The van der Waals surface area contributed by atoms with E-state index in [1.807, 2.05) is 12.1 Å². The Morgan fingerprint density at radius 3 is 1.45 bits per heavy atom. The number of nitrogens with zero attached hydrogens (tertiary/aromatic N) is 2. The van der Waals surface area contributed by atoms with Crippen molar-refractivity contribution >= 4 is 42.0 Å². The molecule has 0 heterocycles. The van der Waals surface area contributed by atoms with Crippen LogP contribution >= 0.6 is 0 Å². The maximum Gasteiger partial charge on any atom is 0.124 e. The fourth-order valence-corrected chi connectivity index (χ4v) is 1.63. The Kier molecular flexibility index (Phi) is 10.9. The van der Waals surface area contributed by atoms with E-state index < -0.39 is 0 Å². The molecule has 0 unspecified atom stereocenters. The zero-order chi connectivity index (χ0) is 14.2. The molecular weight excluding hydrogens is 334 g/mol. The molecule has 0 saturated carbocycles. The van der Waals surface area contributed by atoms with Gasteiger partial charge in [-0.05, 0) is 24.3 Å². The van der Waals surface area contributed by atoms with Gasteiger partial charge in [0.05, 0.1) is 13.1 Å². The van der Waals surface area contributed by atoms with Crippen LogP contribution in [0, 0.1) is 0 Å². The van der Waals surface area contributed by atoms with Crippen LogP contribution in [0.3, 0.4) is 0 Å². The second-order valence-electron chi connectivity index (χ2n) is 4.19. The molecule has 0 fully saturated rings. The summed E-state index contributed by atoms with van der Waals surface area (Å²) in [7, 11) is 0. The van der Waals surface area contributed by atoms with Crippen molar-refractivity contribution in [3.05, 3.63) is 59.7 Å². The van der Waals surface area contributed by atoms with Gasteiger partial charge < -0.3 is 10.2 Å². The molecular formula is C16H16CoN2NaO2. The summed E-state index contributed by atoms with van der Waals surface area (Å²) in [6.07, 6.45) is 3.26. The third-order valence-corrected chi connectivity index (χ3v) is 2.69. The number of phenols is 2. The molecule has 2 aromatic carbocycles. The summed E-state index contributed by atoms with van der Waals surface area (Å²) in [6.45, 7) is 1.05. The molecule has 0 aromatic heterocycles. The standard InChI is InChI=1S/C16H16N2O2.Co.Na/c19-15-7-3-1-5-13(15)11-17-9-10-18-12-14-6-2-4-8-16(14)20;;/h1-8,11-12,19-20H,9-10H2;;. The maximum absolute atomic E-state index is 9.54. The molecule has 0 spiro atoms. The minimum Gasteiger partial charge on any atom is -0.507 e. The summed E-state index contributed by atoms with van der Waals surface area (Å²) in [5.74, 6) is 0.433. The molecule has 2 aromatic rings. The van der Waals surface area contributed by atoms with E-state index in [1.54, 1.807) is 48.8 Å². The van der Waals surface area contributed by atoms with Crippen molar-refractivity contribution in [2.24, 2.45) is 9.98 Å². The van der Waals surface area contributed by atoms with E-state index in [2.05, 4.69) is 9.98 Å². The number of rotatable bonds is 5. The molecule has 2 N–H and O–H groups in total. The minimum absolute atomic E-state index is 0. The van der Waals surface area contributed by atoms with Gasteiger partial charge in [0.15, 0.2) is 0 Å². The molecule has 0 aliphatic rings. The summed E-state index contributed by atoms with van der Waals surface area (Å²) in [5, 5.41) is 19.1. The molecule has 6 heteroatoms. The Morgan fingerprint density at radius 1 is 0.727 bits per heavy atom. The minimum atomic E-state index is 0. The van der Waals surface area contributed by atoms with Gasteiger partial charge in [0.1, 0.15) is 11.5 Å². The largest absolute Gasteiger partial charge is 0.507 e. The van der Waals surface area contributed by atoms with Crippen molar-refractivity contribution in [3.63, 3.8) is 0 Å². The third kappa shape index (κ3) is 6.76. The Morgan fingerprint density at radius 2 is 1.09 bits per heavy atom. The summed E-state index contributed by atoms with van der Waals surface area (Å²) in [6, 6.07) is 14.1. The molecule has 0 aliphatic carbocycles. The van der Waals surface area contributed by atoms with Gasteiger partial charge in [-0.15, -0.1) is 0 Å². The van der Waals surface area contributed by atoms with E-state index in [4.69, 9.17) is 0 Å². The number of phenolic OH excluding ortho intramolecular Hbond substituents is 2. The Balaban J connectivity index is 0.00000220. The Labute approximate surface area is 162 Å². The van der Waals surface area contributed by atoms with Crippen molar-refractivity contribution in [2.45, 2.75) is 0 Å². The van der Waals surface area contributed by atoms with Gasteiger partial charge in [-0.2, -0.15) is 0 Å². The van der Waals surface area contributed by atoms with Crippen molar-refractivity contribution in [1.82, 2.24) is 0 Å². The molecule has 0 amide bonds. The van der Waals surface area contributed by atoms with Crippen LogP contribution in [-0.2, 0) is 16.8 Å². The van der Waals surface area contributed by atoms with Crippen LogP contribution in [0.15, 0.2) is 58.5 Å². The molecule has 4 nitrogen and oxygen atoms in total. The number of aliphatic imine (C=N–C) groups is 2. The van der Waals surface area contributed by atoms with Crippen LogP contribution < -0.4 is 0 Å². The average molecular weight is 350 g/mol. The zero-order valence-electron chi connectivity index (χ0n) is 12.3. The molecule has 0 bridgehead atoms. The molecule has 0 saturated heterocycles. The summed E-state index contributed by atoms with van der Waals surface area (Å²) >= 11 is 0. The predicted molar refractivity (Wildman–Crippen MR) is 86.9 cm³/mol. The SMILES string of the molecule is Oc1ccccc1C=NCCN=Cc1ccccc1O.[Co].[Na]. The smallest absolute Gasteiger partial charge is 0.124 e. The fourth-order valence-electron chi connectivity index (χ4n) is 1.63. The molecule has 2 rings (SSSR count).